The maximum absolute atomic E-state index is 14.3. The van der Waals surface area contributed by atoms with Gasteiger partial charge in [0, 0.05) is 6.42 Å². The molecule has 212 valence electrons. The molecule has 13 heteroatoms. The van der Waals surface area contributed by atoms with Gasteiger partial charge in [0.1, 0.15) is 6.61 Å². The van der Waals surface area contributed by atoms with Gasteiger partial charge >= 0.3 is 26.1 Å². The molecule has 0 bridgehead atoms. The van der Waals surface area contributed by atoms with Crippen LogP contribution in [0.1, 0.15) is 85.5 Å². The highest BCUT2D eigenvalue weighted by Crippen LogP contribution is 2.63. The molecule has 0 saturated carbocycles. The van der Waals surface area contributed by atoms with Crippen LogP contribution in [0.3, 0.4) is 0 Å². The van der Waals surface area contributed by atoms with Gasteiger partial charge in [-0.25, -0.2) is 14.4 Å². The van der Waals surface area contributed by atoms with Gasteiger partial charge in [0.15, 0.2) is 0 Å². The van der Waals surface area contributed by atoms with Crippen molar-refractivity contribution in [1.82, 2.24) is 0 Å². The van der Waals surface area contributed by atoms with Crippen LogP contribution in [0.5, 0.6) is 0 Å². The zero-order valence-corrected chi connectivity index (χ0v) is 22.7. The summed E-state index contributed by atoms with van der Waals surface area (Å²) in [5.41, 5.74) is 0. The van der Waals surface area contributed by atoms with E-state index in [1.807, 2.05) is 27.7 Å². The molecule has 0 spiro atoms. The summed E-state index contributed by atoms with van der Waals surface area (Å²) in [6, 6.07) is 0. The standard InChI is InChI=1S/C23H43O12P/c1-5-9-11-18(7-3)15-33-36(30,34-16-19(8-4)12-10-6-2)23(35-22(28)29,17-32-21(26)27)13-14-31-20(24)25/h18-19H,5-17H2,1-4H3,(H,24,25)(H,26,27)(H,28,29). The second-order valence-electron chi connectivity index (χ2n) is 8.66. The fraction of sp³-hybridized carbons (Fsp3) is 0.870. The lowest BCUT2D eigenvalue weighted by molar-refractivity contribution is -0.0495. The second-order valence-corrected chi connectivity index (χ2v) is 11.0. The Hall–Kier alpha value is -2.04. The number of hydrogen-bond donors (Lipinski definition) is 3. The number of unbranched alkanes of at least 4 members (excludes halogenated alkanes) is 2. The summed E-state index contributed by atoms with van der Waals surface area (Å²) >= 11 is 0. The van der Waals surface area contributed by atoms with E-state index in [4.69, 9.17) is 24.0 Å². The molecule has 3 N–H and O–H groups in total. The number of hydrogen-bond acceptors (Lipinski definition) is 9. The van der Waals surface area contributed by atoms with Gasteiger partial charge in [0.25, 0.3) is 5.34 Å². The highest BCUT2D eigenvalue weighted by molar-refractivity contribution is 7.55. The molecule has 12 nitrogen and oxygen atoms in total. The van der Waals surface area contributed by atoms with Crippen LogP contribution < -0.4 is 0 Å². The van der Waals surface area contributed by atoms with Crippen molar-refractivity contribution in [3.05, 3.63) is 0 Å². The van der Waals surface area contributed by atoms with E-state index in [0.29, 0.717) is 12.8 Å². The molecule has 0 aliphatic rings. The zero-order chi connectivity index (χ0) is 27.6. The molecule has 0 heterocycles. The molecule has 0 aromatic carbocycles. The number of carboxylic acid groups (broad SMARTS) is 3. The minimum atomic E-state index is -4.59. The Bertz CT molecular complexity index is 677. The first-order valence-electron chi connectivity index (χ1n) is 12.5. The molecule has 0 amide bonds. The third-order valence-corrected chi connectivity index (χ3v) is 8.38. The molecular weight excluding hydrogens is 499 g/mol. The van der Waals surface area contributed by atoms with Crippen molar-refractivity contribution < 1.29 is 57.5 Å². The number of ether oxygens (including phenoxy) is 3. The van der Waals surface area contributed by atoms with Crippen molar-refractivity contribution in [3.8, 4) is 0 Å². The molecule has 36 heavy (non-hydrogen) atoms. The van der Waals surface area contributed by atoms with Gasteiger partial charge in [-0.1, -0.05) is 66.2 Å². The summed E-state index contributed by atoms with van der Waals surface area (Å²) in [6.07, 6.45) is 0.606. The van der Waals surface area contributed by atoms with E-state index in [2.05, 4.69) is 9.47 Å². The normalized spacial score (nSPS) is 16.2. The van der Waals surface area contributed by atoms with Crippen molar-refractivity contribution in [1.29, 1.82) is 0 Å². The Morgan fingerprint density at radius 2 is 1.25 bits per heavy atom. The van der Waals surface area contributed by atoms with Crippen LogP contribution in [-0.2, 0) is 27.8 Å². The molecule has 0 radical (unpaired) electrons. The van der Waals surface area contributed by atoms with E-state index in [1.165, 1.54) is 0 Å². The van der Waals surface area contributed by atoms with Crippen LogP contribution >= 0.6 is 7.60 Å². The van der Waals surface area contributed by atoms with E-state index in [1.54, 1.807) is 0 Å². The summed E-state index contributed by atoms with van der Waals surface area (Å²) in [5, 5.41) is 24.9. The Labute approximate surface area is 213 Å². The van der Waals surface area contributed by atoms with Crippen LogP contribution in [-0.4, -0.2) is 65.6 Å². The van der Waals surface area contributed by atoms with Crippen molar-refractivity contribution in [2.45, 2.75) is 90.8 Å². The maximum atomic E-state index is 14.3. The Balaban J connectivity index is 6.32. The van der Waals surface area contributed by atoms with Gasteiger partial charge in [0.2, 0.25) is 0 Å². The Morgan fingerprint density at radius 3 is 1.61 bits per heavy atom. The number of rotatable bonds is 21. The first-order chi connectivity index (χ1) is 17.0. The van der Waals surface area contributed by atoms with Crippen molar-refractivity contribution >= 4 is 26.1 Å². The smallest absolute Gasteiger partial charge is 0.450 e. The second kappa shape index (κ2) is 18.2. The zero-order valence-electron chi connectivity index (χ0n) is 21.8. The Kier molecular flexibility index (Phi) is 17.2. The van der Waals surface area contributed by atoms with E-state index >= 15 is 0 Å². The topological polar surface area (TPSA) is 175 Å². The lowest BCUT2D eigenvalue weighted by Gasteiger charge is -2.37. The maximum Gasteiger partial charge on any atom is 0.507 e. The molecule has 3 atom stereocenters. The minimum absolute atomic E-state index is 0.0258. The van der Waals surface area contributed by atoms with E-state index in [0.717, 1.165) is 38.5 Å². The first kappa shape index (κ1) is 34.0. The highest BCUT2D eigenvalue weighted by Gasteiger charge is 2.57. The van der Waals surface area contributed by atoms with Crippen molar-refractivity contribution in [2.75, 3.05) is 26.4 Å². The van der Waals surface area contributed by atoms with E-state index < -0.39 is 51.0 Å². The molecule has 0 aromatic rings. The van der Waals surface area contributed by atoms with Crippen molar-refractivity contribution in [2.24, 2.45) is 11.8 Å². The molecule has 0 aliphatic carbocycles. The average Bonchev–Trinajstić information content (AvgIpc) is 2.82. The fourth-order valence-electron chi connectivity index (χ4n) is 3.54. The summed E-state index contributed by atoms with van der Waals surface area (Å²) in [4.78, 5) is 33.7. The summed E-state index contributed by atoms with van der Waals surface area (Å²) in [7, 11) is -4.59. The minimum Gasteiger partial charge on any atom is -0.450 e. The predicted molar refractivity (Wildman–Crippen MR) is 131 cm³/mol. The van der Waals surface area contributed by atoms with Gasteiger partial charge < -0.3 is 38.6 Å². The summed E-state index contributed by atoms with van der Waals surface area (Å²) < 4.78 is 40.0. The SMILES string of the molecule is CCCCC(CC)COP(=O)(OCC(CC)CCCC)C(CCOC(=O)O)(COC(=O)O)OC(=O)O. The van der Waals surface area contributed by atoms with Gasteiger partial charge in [-0.05, 0) is 24.7 Å². The average molecular weight is 543 g/mol. The van der Waals surface area contributed by atoms with Crippen LogP contribution in [0, 0.1) is 11.8 Å². The summed E-state index contributed by atoms with van der Waals surface area (Å²) in [5.74, 6) is -0.0516. The monoisotopic (exact) mass is 542 g/mol. The van der Waals surface area contributed by atoms with Gasteiger partial charge in [-0.2, -0.15) is 0 Å². The quantitative estimate of drug-likeness (QED) is 0.0785. The predicted octanol–water partition coefficient (Wildman–Crippen LogP) is 6.82. The Morgan fingerprint density at radius 1 is 0.778 bits per heavy atom. The lowest BCUT2D eigenvalue weighted by atomic mass is 10.0. The van der Waals surface area contributed by atoms with Crippen molar-refractivity contribution in [3.63, 3.8) is 0 Å². The van der Waals surface area contributed by atoms with E-state index in [-0.39, 0.29) is 25.0 Å². The fourth-order valence-corrected chi connectivity index (χ4v) is 5.67. The molecular formula is C23H43O12P. The molecule has 0 fully saturated rings. The van der Waals surface area contributed by atoms with Gasteiger partial charge in [-0.3, -0.25) is 4.57 Å². The third kappa shape index (κ3) is 12.8. The number of carbonyl (C=O) groups is 3. The molecule has 0 aromatic heterocycles. The summed E-state index contributed by atoms with van der Waals surface area (Å²) in [6.45, 7) is 6.11. The van der Waals surface area contributed by atoms with Crippen LogP contribution in [0.4, 0.5) is 14.4 Å². The van der Waals surface area contributed by atoms with Crippen LogP contribution in [0.25, 0.3) is 0 Å². The van der Waals surface area contributed by atoms with Crippen LogP contribution in [0.15, 0.2) is 0 Å². The largest absolute Gasteiger partial charge is 0.507 e. The third-order valence-electron chi connectivity index (χ3n) is 5.96. The first-order valence-corrected chi connectivity index (χ1v) is 14.1. The van der Waals surface area contributed by atoms with Gasteiger partial charge in [0.05, 0.1) is 19.8 Å². The van der Waals surface area contributed by atoms with Gasteiger partial charge in [-0.15, -0.1) is 0 Å². The molecule has 0 saturated heterocycles. The van der Waals surface area contributed by atoms with E-state index in [9.17, 15) is 24.1 Å². The van der Waals surface area contributed by atoms with Crippen LogP contribution in [0.2, 0.25) is 0 Å². The highest BCUT2D eigenvalue weighted by atomic mass is 31.2. The molecule has 3 unspecified atom stereocenters. The molecule has 0 rings (SSSR count). The lowest BCUT2D eigenvalue weighted by Crippen LogP contribution is -2.43. The molecule has 0 aliphatic heterocycles.